The first kappa shape index (κ1) is 13.7. The van der Waals surface area contributed by atoms with E-state index >= 15 is 0 Å². The van der Waals surface area contributed by atoms with E-state index in [1.165, 1.54) is 18.4 Å². The molecule has 0 aliphatic rings. The average molecular weight is 381 g/mol. The van der Waals surface area contributed by atoms with Crippen molar-refractivity contribution in [3.8, 4) is 5.75 Å². The molecule has 2 N–H and O–H groups in total. The largest absolute Gasteiger partial charge is 0.497 e. The molecule has 1 unspecified atom stereocenters. The Kier molecular flexibility index (Phi) is 4.18. The van der Waals surface area contributed by atoms with E-state index in [4.69, 9.17) is 10.5 Å². The summed E-state index contributed by atoms with van der Waals surface area (Å²) < 4.78 is 33.5. The summed E-state index contributed by atoms with van der Waals surface area (Å²) in [4.78, 5) is 0. The Bertz CT molecular complexity index is 550. The summed E-state index contributed by atoms with van der Waals surface area (Å²) in [5.41, 5.74) is 6.47. The van der Waals surface area contributed by atoms with Crippen LogP contribution in [0.2, 0.25) is 0 Å². The lowest BCUT2D eigenvalue weighted by Crippen LogP contribution is -2.15. The van der Waals surface area contributed by atoms with Crippen LogP contribution >= 0.6 is 33.9 Å². The predicted molar refractivity (Wildman–Crippen MR) is 76.0 cm³/mol. The highest BCUT2D eigenvalue weighted by Gasteiger charge is 2.20. The highest BCUT2D eigenvalue weighted by molar-refractivity contribution is 14.1. The molecule has 1 heterocycles. The Morgan fingerprint density at radius 2 is 1.89 bits per heavy atom. The van der Waals surface area contributed by atoms with Gasteiger partial charge in [-0.25, -0.2) is 8.78 Å². The van der Waals surface area contributed by atoms with Crippen molar-refractivity contribution in [2.24, 2.45) is 5.73 Å². The Morgan fingerprint density at radius 3 is 2.33 bits per heavy atom. The Hall–Kier alpha value is -0.730. The van der Waals surface area contributed by atoms with Gasteiger partial charge in [0.25, 0.3) is 0 Å². The van der Waals surface area contributed by atoms with Crippen LogP contribution in [-0.4, -0.2) is 7.11 Å². The number of methoxy groups -OCH3 is 1. The van der Waals surface area contributed by atoms with E-state index in [2.05, 4.69) is 22.6 Å². The van der Waals surface area contributed by atoms with Crippen LogP contribution in [0.1, 0.15) is 17.2 Å². The molecule has 0 fully saturated rings. The van der Waals surface area contributed by atoms with Gasteiger partial charge in [0, 0.05) is 17.7 Å². The van der Waals surface area contributed by atoms with Crippen molar-refractivity contribution in [3.63, 3.8) is 0 Å². The molecular weight excluding hydrogens is 371 g/mol. The normalized spacial score (nSPS) is 12.5. The van der Waals surface area contributed by atoms with Crippen LogP contribution in [-0.2, 0) is 0 Å². The molecule has 0 radical (unpaired) electrons. The first-order chi connectivity index (χ1) is 8.52. The Labute approximate surface area is 121 Å². The SMILES string of the molecule is COc1cc(F)c(C(N)c2csc(I)c2)c(F)c1. The number of thiophene rings is 1. The minimum absolute atomic E-state index is 0.134. The molecule has 96 valence electrons. The molecule has 0 spiro atoms. The van der Waals surface area contributed by atoms with E-state index in [-0.39, 0.29) is 11.3 Å². The van der Waals surface area contributed by atoms with Crippen LogP contribution in [0.3, 0.4) is 0 Å². The third-order valence-electron chi connectivity index (χ3n) is 2.55. The summed E-state index contributed by atoms with van der Waals surface area (Å²) in [5.74, 6) is -1.25. The highest BCUT2D eigenvalue weighted by atomic mass is 127. The van der Waals surface area contributed by atoms with Crippen molar-refractivity contribution in [1.82, 2.24) is 0 Å². The number of ether oxygens (including phenoxy) is 1. The van der Waals surface area contributed by atoms with Gasteiger partial charge in [-0.2, -0.15) is 0 Å². The predicted octanol–water partition coefficient (Wildman–Crippen LogP) is 3.69. The molecule has 0 saturated carbocycles. The maximum atomic E-state index is 13.8. The van der Waals surface area contributed by atoms with Gasteiger partial charge in [0.15, 0.2) is 0 Å². The molecule has 18 heavy (non-hydrogen) atoms. The Balaban J connectivity index is 2.44. The smallest absolute Gasteiger partial charge is 0.134 e. The zero-order chi connectivity index (χ0) is 13.3. The average Bonchev–Trinajstić information content (AvgIpc) is 2.74. The minimum Gasteiger partial charge on any atom is -0.497 e. The first-order valence-electron chi connectivity index (χ1n) is 5.05. The third kappa shape index (κ3) is 2.65. The second kappa shape index (κ2) is 5.50. The van der Waals surface area contributed by atoms with Crippen LogP contribution in [0.25, 0.3) is 0 Å². The molecule has 0 saturated heterocycles. The monoisotopic (exact) mass is 381 g/mol. The molecule has 0 aliphatic heterocycles. The van der Waals surface area contributed by atoms with E-state index in [1.807, 2.05) is 6.07 Å². The summed E-state index contributed by atoms with van der Waals surface area (Å²) in [6.07, 6.45) is 0. The summed E-state index contributed by atoms with van der Waals surface area (Å²) in [6.45, 7) is 0. The van der Waals surface area contributed by atoms with Crippen molar-refractivity contribution in [1.29, 1.82) is 0 Å². The van der Waals surface area contributed by atoms with Gasteiger partial charge in [-0.05, 0) is 39.6 Å². The molecule has 0 bridgehead atoms. The molecule has 0 amide bonds. The zero-order valence-corrected chi connectivity index (χ0v) is 12.4. The van der Waals surface area contributed by atoms with Gasteiger partial charge < -0.3 is 10.5 Å². The van der Waals surface area contributed by atoms with Gasteiger partial charge in [0.05, 0.1) is 16.0 Å². The van der Waals surface area contributed by atoms with E-state index < -0.39 is 17.7 Å². The fourth-order valence-electron chi connectivity index (χ4n) is 1.63. The lowest BCUT2D eigenvalue weighted by molar-refractivity contribution is 0.404. The van der Waals surface area contributed by atoms with Crippen LogP contribution < -0.4 is 10.5 Å². The van der Waals surface area contributed by atoms with Crippen LogP contribution in [0.4, 0.5) is 8.78 Å². The summed E-state index contributed by atoms with van der Waals surface area (Å²) in [6, 6.07) is 3.28. The number of hydrogen-bond acceptors (Lipinski definition) is 3. The minimum atomic E-state index is -0.810. The number of hydrogen-bond donors (Lipinski definition) is 1. The quantitative estimate of drug-likeness (QED) is 0.824. The second-order valence-corrected chi connectivity index (χ2v) is 6.47. The summed E-state index contributed by atoms with van der Waals surface area (Å²) >= 11 is 3.62. The number of rotatable bonds is 3. The first-order valence-corrected chi connectivity index (χ1v) is 7.01. The molecule has 2 rings (SSSR count). The van der Waals surface area contributed by atoms with Gasteiger partial charge in [-0.3, -0.25) is 0 Å². The van der Waals surface area contributed by atoms with Crippen molar-refractivity contribution in [3.05, 3.63) is 49.2 Å². The Morgan fingerprint density at radius 1 is 1.28 bits per heavy atom. The van der Waals surface area contributed by atoms with Crippen molar-refractivity contribution < 1.29 is 13.5 Å². The molecule has 2 aromatic rings. The van der Waals surface area contributed by atoms with Gasteiger partial charge in [-0.1, -0.05) is 0 Å². The van der Waals surface area contributed by atoms with Crippen LogP contribution in [0.5, 0.6) is 5.75 Å². The summed E-state index contributed by atoms with van der Waals surface area (Å²) in [5, 5.41) is 1.80. The van der Waals surface area contributed by atoms with Crippen LogP contribution in [0, 0.1) is 14.5 Å². The summed E-state index contributed by atoms with van der Waals surface area (Å²) in [7, 11) is 1.36. The van der Waals surface area contributed by atoms with Gasteiger partial charge in [-0.15, -0.1) is 11.3 Å². The molecule has 2 nitrogen and oxygen atoms in total. The van der Waals surface area contributed by atoms with Crippen molar-refractivity contribution >= 4 is 33.9 Å². The fraction of sp³-hybridized carbons (Fsp3) is 0.167. The van der Waals surface area contributed by atoms with Gasteiger partial charge in [0.1, 0.15) is 17.4 Å². The van der Waals surface area contributed by atoms with E-state index in [0.717, 1.165) is 15.0 Å². The molecule has 1 aromatic heterocycles. The standard InChI is InChI=1S/C12H10F2INOS/c1-17-7-3-8(13)11(9(14)4-7)12(16)6-2-10(15)18-5-6/h2-5,12H,16H2,1H3. The highest BCUT2D eigenvalue weighted by Crippen LogP contribution is 2.30. The number of halogens is 3. The number of nitrogens with two attached hydrogens (primary N) is 1. The maximum absolute atomic E-state index is 13.8. The van der Waals surface area contributed by atoms with Crippen molar-refractivity contribution in [2.45, 2.75) is 6.04 Å². The molecular formula is C12H10F2INOS. The lowest BCUT2D eigenvalue weighted by Gasteiger charge is -2.13. The van der Waals surface area contributed by atoms with Gasteiger partial charge >= 0.3 is 0 Å². The lowest BCUT2D eigenvalue weighted by atomic mass is 10.0. The molecule has 6 heteroatoms. The molecule has 1 atom stereocenters. The topological polar surface area (TPSA) is 35.2 Å². The van der Waals surface area contributed by atoms with E-state index in [0.29, 0.717) is 5.56 Å². The second-order valence-electron chi connectivity index (χ2n) is 3.67. The maximum Gasteiger partial charge on any atom is 0.134 e. The van der Waals surface area contributed by atoms with Crippen LogP contribution in [0.15, 0.2) is 23.6 Å². The van der Waals surface area contributed by atoms with E-state index in [1.54, 1.807) is 5.38 Å². The number of benzene rings is 1. The fourth-order valence-corrected chi connectivity index (χ4v) is 3.04. The third-order valence-corrected chi connectivity index (χ3v) is 4.35. The molecule has 0 aliphatic carbocycles. The van der Waals surface area contributed by atoms with E-state index in [9.17, 15) is 8.78 Å². The van der Waals surface area contributed by atoms with Crippen molar-refractivity contribution in [2.75, 3.05) is 7.11 Å². The molecule has 1 aromatic carbocycles. The van der Waals surface area contributed by atoms with Gasteiger partial charge in [0.2, 0.25) is 0 Å². The zero-order valence-electron chi connectivity index (χ0n) is 9.41.